The van der Waals surface area contributed by atoms with E-state index in [2.05, 4.69) is 17.2 Å². The molecule has 1 aromatic heterocycles. The first kappa shape index (κ1) is 14.3. The zero-order chi connectivity index (χ0) is 14.4. The van der Waals surface area contributed by atoms with Crippen molar-refractivity contribution in [1.82, 2.24) is 4.98 Å². The van der Waals surface area contributed by atoms with Gasteiger partial charge in [0.1, 0.15) is 5.82 Å². The molecule has 1 N–H and O–H groups in total. The monoisotopic (exact) mass is 274 g/mol. The molecule has 0 aliphatic carbocycles. The molecule has 4 heteroatoms. The summed E-state index contributed by atoms with van der Waals surface area (Å²) in [5.74, 6) is 0.404. The molecule has 2 aromatic rings. The lowest BCUT2D eigenvalue weighted by atomic mass is 10.1. The van der Waals surface area contributed by atoms with Gasteiger partial charge in [-0.05, 0) is 50.1 Å². The maximum Gasteiger partial charge on any atom is 0.237 e. The van der Waals surface area contributed by atoms with Crippen LogP contribution in [0.15, 0.2) is 42.6 Å². The predicted molar refractivity (Wildman–Crippen MR) is 78.6 cm³/mol. The lowest BCUT2D eigenvalue weighted by Gasteiger charge is -2.17. The molecule has 1 heterocycles. The van der Waals surface area contributed by atoms with Crippen molar-refractivity contribution in [3.63, 3.8) is 0 Å². The molecule has 2 rings (SSSR count). The topological polar surface area (TPSA) is 34.1 Å². The van der Waals surface area contributed by atoms with Gasteiger partial charge in [-0.15, -0.1) is 0 Å². The first-order chi connectivity index (χ1) is 9.69. The Bertz CT molecular complexity index is 542. The smallest absolute Gasteiger partial charge is 0.237 e. The molecular formula is C16H19FN2O. The van der Waals surface area contributed by atoms with E-state index in [1.165, 1.54) is 12.1 Å². The Kier molecular flexibility index (Phi) is 4.93. The number of aromatic nitrogens is 1. The van der Waals surface area contributed by atoms with Gasteiger partial charge in [0.25, 0.3) is 0 Å². The Labute approximate surface area is 118 Å². The van der Waals surface area contributed by atoms with Crippen LogP contribution in [-0.2, 0) is 6.42 Å². The van der Waals surface area contributed by atoms with Crippen LogP contribution in [0.5, 0.6) is 5.88 Å². The van der Waals surface area contributed by atoms with Crippen molar-refractivity contribution in [2.45, 2.75) is 26.3 Å². The van der Waals surface area contributed by atoms with E-state index in [0.29, 0.717) is 12.5 Å². The fraction of sp³-hybridized carbons (Fsp3) is 0.312. The number of benzene rings is 1. The van der Waals surface area contributed by atoms with E-state index < -0.39 is 0 Å². The minimum atomic E-state index is -0.208. The third-order valence-corrected chi connectivity index (χ3v) is 2.91. The van der Waals surface area contributed by atoms with Gasteiger partial charge >= 0.3 is 0 Å². The number of hydrogen-bond donors (Lipinski definition) is 1. The van der Waals surface area contributed by atoms with E-state index in [9.17, 15) is 4.39 Å². The van der Waals surface area contributed by atoms with Gasteiger partial charge in [-0.2, -0.15) is 0 Å². The summed E-state index contributed by atoms with van der Waals surface area (Å²) in [4.78, 5) is 4.21. The van der Waals surface area contributed by atoms with Gasteiger partial charge in [-0.3, -0.25) is 0 Å². The van der Waals surface area contributed by atoms with Crippen molar-refractivity contribution < 1.29 is 9.13 Å². The number of ether oxygens (including phenoxy) is 1. The Hall–Kier alpha value is -2.10. The molecule has 0 radical (unpaired) electrons. The third kappa shape index (κ3) is 3.95. The molecule has 0 fully saturated rings. The van der Waals surface area contributed by atoms with Crippen LogP contribution in [-0.4, -0.2) is 17.6 Å². The fourth-order valence-corrected chi connectivity index (χ4v) is 2.04. The normalized spacial score (nSPS) is 11.9. The van der Waals surface area contributed by atoms with Crippen LogP contribution in [0.2, 0.25) is 0 Å². The summed E-state index contributed by atoms with van der Waals surface area (Å²) < 4.78 is 18.3. The molecule has 106 valence electrons. The summed E-state index contributed by atoms with van der Waals surface area (Å²) in [5.41, 5.74) is 1.97. The van der Waals surface area contributed by atoms with E-state index in [-0.39, 0.29) is 11.9 Å². The Morgan fingerprint density at radius 3 is 2.70 bits per heavy atom. The average Bonchev–Trinajstić information content (AvgIpc) is 2.44. The maximum atomic E-state index is 12.9. The van der Waals surface area contributed by atoms with E-state index in [0.717, 1.165) is 17.7 Å². The molecule has 0 bridgehead atoms. The summed E-state index contributed by atoms with van der Waals surface area (Å²) in [5, 5.41) is 3.38. The minimum absolute atomic E-state index is 0.198. The van der Waals surface area contributed by atoms with Crippen molar-refractivity contribution in [1.29, 1.82) is 0 Å². The highest BCUT2D eigenvalue weighted by molar-refractivity contribution is 5.52. The summed E-state index contributed by atoms with van der Waals surface area (Å²) in [7, 11) is 0. The van der Waals surface area contributed by atoms with E-state index >= 15 is 0 Å². The van der Waals surface area contributed by atoms with Gasteiger partial charge in [0.2, 0.25) is 5.88 Å². The number of halogens is 1. The standard InChI is InChI=1S/C16H19FN2O/c1-3-20-16-15(5-4-10-18-16)19-12(2)11-13-6-8-14(17)9-7-13/h4-10,12,19H,3,11H2,1-2H3. The van der Waals surface area contributed by atoms with Crippen molar-refractivity contribution >= 4 is 5.69 Å². The molecule has 0 saturated carbocycles. The molecule has 0 aliphatic rings. The SMILES string of the molecule is CCOc1ncccc1NC(C)Cc1ccc(F)cc1. The zero-order valence-corrected chi connectivity index (χ0v) is 11.8. The van der Waals surface area contributed by atoms with E-state index in [1.54, 1.807) is 18.3 Å². The number of hydrogen-bond acceptors (Lipinski definition) is 3. The van der Waals surface area contributed by atoms with Gasteiger partial charge in [-0.25, -0.2) is 9.37 Å². The van der Waals surface area contributed by atoms with Crippen LogP contribution < -0.4 is 10.1 Å². The summed E-state index contributed by atoms with van der Waals surface area (Å²) in [6.45, 7) is 4.59. The molecule has 1 aromatic carbocycles. The predicted octanol–water partition coefficient (Wildman–Crippen LogP) is 3.66. The quantitative estimate of drug-likeness (QED) is 0.872. The lowest BCUT2D eigenvalue weighted by Crippen LogP contribution is -2.19. The summed E-state index contributed by atoms with van der Waals surface area (Å²) in [6, 6.07) is 10.6. The van der Waals surface area contributed by atoms with Gasteiger partial charge < -0.3 is 10.1 Å². The number of nitrogens with one attached hydrogen (secondary N) is 1. The average molecular weight is 274 g/mol. The highest BCUT2D eigenvalue weighted by Crippen LogP contribution is 2.22. The molecule has 0 spiro atoms. The van der Waals surface area contributed by atoms with Crippen LogP contribution in [0.25, 0.3) is 0 Å². The summed E-state index contributed by atoms with van der Waals surface area (Å²) >= 11 is 0. The highest BCUT2D eigenvalue weighted by atomic mass is 19.1. The van der Waals surface area contributed by atoms with E-state index in [4.69, 9.17) is 4.74 Å². The van der Waals surface area contributed by atoms with Crippen molar-refractivity contribution in [2.75, 3.05) is 11.9 Å². The van der Waals surface area contributed by atoms with Crippen molar-refractivity contribution in [2.24, 2.45) is 0 Å². The number of pyridine rings is 1. The second kappa shape index (κ2) is 6.89. The Morgan fingerprint density at radius 2 is 2.00 bits per heavy atom. The largest absolute Gasteiger partial charge is 0.476 e. The molecule has 20 heavy (non-hydrogen) atoms. The van der Waals surface area contributed by atoms with Crippen LogP contribution in [0.3, 0.4) is 0 Å². The molecular weight excluding hydrogens is 255 g/mol. The van der Waals surface area contributed by atoms with Crippen molar-refractivity contribution in [3.05, 3.63) is 54.0 Å². The fourth-order valence-electron chi connectivity index (χ4n) is 2.04. The molecule has 0 saturated heterocycles. The number of anilines is 1. The Morgan fingerprint density at radius 1 is 1.25 bits per heavy atom. The second-order valence-electron chi connectivity index (χ2n) is 4.67. The Balaban J connectivity index is 2.00. The highest BCUT2D eigenvalue weighted by Gasteiger charge is 2.08. The van der Waals surface area contributed by atoms with Crippen molar-refractivity contribution in [3.8, 4) is 5.88 Å². The summed E-state index contributed by atoms with van der Waals surface area (Å²) in [6.07, 6.45) is 2.52. The minimum Gasteiger partial charge on any atom is -0.476 e. The molecule has 0 aliphatic heterocycles. The van der Waals surface area contributed by atoms with Gasteiger partial charge in [0, 0.05) is 12.2 Å². The number of rotatable bonds is 6. The van der Waals surface area contributed by atoms with Gasteiger partial charge in [0.15, 0.2) is 0 Å². The van der Waals surface area contributed by atoms with Crippen LogP contribution >= 0.6 is 0 Å². The second-order valence-corrected chi connectivity index (χ2v) is 4.67. The molecule has 1 unspecified atom stereocenters. The third-order valence-electron chi connectivity index (χ3n) is 2.91. The van der Waals surface area contributed by atoms with Crippen LogP contribution in [0.4, 0.5) is 10.1 Å². The van der Waals surface area contributed by atoms with Crippen LogP contribution in [0, 0.1) is 5.82 Å². The first-order valence-electron chi connectivity index (χ1n) is 6.78. The molecule has 0 amide bonds. The van der Waals surface area contributed by atoms with Crippen LogP contribution in [0.1, 0.15) is 19.4 Å². The van der Waals surface area contributed by atoms with Gasteiger partial charge in [0.05, 0.1) is 12.3 Å². The number of nitrogens with zero attached hydrogens (tertiary/aromatic N) is 1. The lowest BCUT2D eigenvalue weighted by molar-refractivity contribution is 0.328. The maximum absolute atomic E-state index is 12.9. The van der Waals surface area contributed by atoms with E-state index in [1.807, 2.05) is 19.1 Å². The zero-order valence-electron chi connectivity index (χ0n) is 11.8. The first-order valence-corrected chi connectivity index (χ1v) is 6.78. The van der Waals surface area contributed by atoms with Gasteiger partial charge in [-0.1, -0.05) is 12.1 Å². The molecule has 3 nitrogen and oxygen atoms in total. The molecule has 1 atom stereocenters.